The Kier molecular flexibility index (Phi) is 5.81. The SMILES string of the molecule is CN(C)CCN1CCN(C(=O)c2cnc(Cl)c(Cl)c2)CC1. The Morgan fingerprint density at radius 3 is 2.52 bits per heavy atom. The van der Waals surface area contributed by atoms with Crippen molar-refractivity contribution >= 4 is 29.1 Å². The molecule has 1 aliphatic heterocycles. The molecule has 5 nitrogen and oxygen atoms in total. The van der Waals surface area contributed by atoms with Gasteiger partial charge in [0.05, 0.1) is 10.6 Å². The number of likely N-dealkylation sites (N-methyl/N-ethyl adjacent to an activating group) is 1. The minimum absolute atomic E-state index is 0.0340. The molecule has 0 radical (unpaired) electrons. The largest absolute Gasteiger partial charge is 0.336 e. The van der Waals surface area contributed by atoms with Crippen LogP contribution in [0.3, 0.4) is 0 Å². The third kappa shape index (κ3) is 4.54. The molecule has 0 spiro atoms. The summed E-state index contributed by atoms with van der Waals surface area (Å²) in [6.45, 7) is 5.32. The summed E-state index contributed by atoms with van der Waals surface area (Å²) in [6.07, 6.45) is 1.48. The molecule has 1 amide bonds. The topological polar surface area (TPSA) is 39.7 Å². The van der Waals surface area contributed by atoms with E-state index in [0.29, 0.717) is 10.6 Å². The second kappa shape index (κ2) is 7.40. The monoisotopic (exact) mass is 330 g/mol. The fourth-order valence-electron chi connectivity index (χ4n) is 2.24. The van der Waals surface area contributed by atoms with E-state index in [9.17, 15) is 4.79 Å². The summed E-state index contributed by atoms with van der Waals surface area (Å²) in [6, 6.07) is 1.58. The lowest BCUT2D eigenvalue weighted by atomic mass is 10.2. The van der Waals surface area contributed by atoms with Gasteiger partial charge in [-0.15, -0.1) is 0 Å². The molecule has 116 valence electrons. The average Bonchev–Trinajstić information content (AvgIpc) is 2.48. The molecule has 0 aromatic carbocycles. The standard InChI is InChI=1S/C14H20Cl2N4O/c1-18(2)3-4-19-5-7-20(8-6-19)14(21)11-9-12(15)13(16)17-10-11/h9-10H,3-8H2,1-2H3. The van der Waals surface area contributed by atoms with E-state index in [2.05, 4.69) is 28.9 Å². The molecule has 1 saturated heterocycles. The number of carbonyl (C=O) groups excluding carboxylic acids is 1. The summed E-state index contributed by atoms with van der Waals surface area (Å²) in [4.78, 5) is 22.7. The van der Waals surface area contributed by atoms with Crippen LogP contribution in [-0.2, 0) is 0 Å². The first-order chi connectivity index (χ1) is 9.97. The highest BCUT2D eigenvalue weighted by Crippen LogP contribution is 2.20. The van der Waals surface area contributed by atoms with E-state index >= 15 is 0 Å². The van der Waals surface area contributed by atoms with E-state index in [1.807, 2.05) is 4.90 Å². The minimum Gasteiger partial charge on any atom is -0.336 e. The average molecular weight is 331 g/mol. The molecule has 0 saturated carbocycles. The zero-order valence-electron chi connectivity index (χ0n) is 12.4. The van der Waals surface area contributed by atoms with Crippen LogP contribution in [0.25, 0.3) is 0 Å². The van der Waals surface area contributed by atoms with Gasteiger partial charge in [0.15, 0.2) is 0 Å². The fourth-order valence-corrected chi connectivity index (χ4v) is 2.51. The highest BCUT2D eigenvalue weighted by Gasteiger charge is 2.22. The smallest absolute Gasteiger partial charge is 0.255 e. The minimum atomic E-state index is -0.0340. The van der Waals surface area contributed by atoms with E-state index in [1.54, 1.807) is 6.07 Å². The van der Waals surface area contributed by atoms with Gasteiger partial charge in [0, 0.05) is 45.5 Å². The zero-order chi connectivity index (χ0) is 15.4. The van der Waals surface area contributed by atoms with Gasteiger partial charge in [-0.2, -0.15) is 0 Å². The van der Waals surface area contributed by atoms with Crippen LogP contribution in [0.4, 0.5) is 0 Å². The second-order valence-corrected chi connectivity index (χ2v) is 6.20. The summed E-state index contributed by atoms with van der Waals surface area (Å²) in [7, 11) is 4.13. The summed E-state index contributed by atoms with van der Waals surface area (Å²) >= 11 is 11.7. The van der Waals surface area contributed by atoms with E-state index in [0.717, 1.165) is 39.3 Å². The van der Waals surface area contributed by atoms with Crippen LogP contribution >= 0.6 is 23.2 Å². The Balaban J connectivity index is 1.89. The lowest BCUT2D eigenvalue weighted by Crippen LogP contribution is -2.50. The maximum absolute atomic E-state index is 12.4. The van der Waals surface area contributed by atoms with Gasteiger partial charge >= 0.3 is 0 Å². The van der Waals surface area contributed by atoms with Gasteiger partial charge in [0.1, 0.15) is 5.15 Å². The number of piperazine rings is 1. The van der Waals surface area contributed by atoms with Crippen molar-refractivity contribution in [3.05, 3.63) is 28.0 Å². The van der Waals surface area contributed by atoms with Crippen molar-refractivity contribution in [2.24, 2.45) is 0 Å². The molecule has 0 unspecified atom stereocenters. The summed E-state index contributed by atoms with van der Waals surface area (Å²) < 4.78 is 0. The molecular formula is C14H20Cl2N4O. The number of hydrogen-bond donors (Lipinski definition) is 0. The van der Waals surface area contributed by atoms with Crippen LogP contribution in [0.5, 0.6) is 0 Å². The van der Waals surface area contributed by atoms with Gasteiger partial charge in [-0.05, 0) is 20.2 Å². The summed E-state index contributed by atoms with van der Waals surface area (Å²) in [5.41, 5.74) is 0.492. The Morgan fingerprint density at radius 1 is 1.29 bits per heavy atom. The molecule has 0 bridgehead atoms. The van der Waals surface area contributed by atoms with Crippen LogP contribution in [0, 0.1) is 0 Å². The third-order valence-electron chi connectivity index (χ3n) is 3.57. The molecule has 0 N–H and O–H groups in total. The molecule has 21 heavy (non-hydrogen) atoms. The summed E-state index contributed by atoms with van der Waals surface area (Å²) in [5.74, 6) is -0.0340. The number of hydrogen-bond acceptors (Lipinski definition) is 4. The van der Waals surface area contributed by atoms with Crippen molar-refractivity contribution in [1.82, 2.24) is 19.7 Å². The van der Waals surface area contributed by atoms with Crippen molar-refractivity contribution in [2.45, 2.75) is 0 Å². The number of carbonyl (C=O) groups is 1. The van der Waals surface area contributed by atoms with Crippen LogP contribution in [0.1, 0.15) is 10.4 Å². The molecule has 0 atom stereocenters. The number of aromatic nitrogens is 1. The molecule has 2 rings (SSSR count). The Labute approximate surface area is 135 Å². The number of nitrogens with zero attached hydrogens (tertiary/aromatic N) is 4. The zero-order valence-corrected chi connectivity index (χ0v) is 13.9. The van der Waals surface area contributed by atoms with Crippen LogP contribution < -0.4 is 0 Å². The van der Waals surface area contributed by atoms with Gasteiger partial charge < -0.3 is 9.80 Å². The molecule has 1 aliphatic rings. The van der Waals surface area contributed by atoms with Crippen LogP contribution in [0.2, 0.25) is 10.2 Å². The molecule has 1 fully saturated rings. The van der Waals surface area contributed by atoms with Gasteiger partial charge in [-0.25, -0.2) is 4.98 Å². The number of rotatable bonds is 4. The lowest BCUT2D eigenvalue weighted by molar-refractivity contribution is 0.0629. The van der Waals surface area contributed by atoms with Crippen molar-refractivity contribution < 1.29 is 4.79 Å². The predicted molar refractivity (Wildman–Crippen MR) is 85.2 cm³/mol. The highest BCUT2D eigenvalue weighted by molar-refractivity contribution is 6.41. The van der Waals surface area contributed by atoms with E-state index in [-0.39, 0.29) is 11.1 Å². The number of pyridine rings is 1. The number of halogens is 2. The van der Waals surface area contributed by atoms with Crippen molar-refractivity contribution in [3.63, 3.8) is 0 Å². The van der Waals surface area contributed by atoms with E-state index < -0.39 is 0 Å². The maximum Gasteiger partial charge on any atom is 0.255 e. The predicted octanol–water partition coefficient (Wildman–Crippen LogP) is 1.71. The second-order valence-electron chi connectivity index (χ2n) is 5.43. The van der Waals surface area contributed by atoms with Crippen molar-refractivity contribution in [3.8, 4) is 0 Å². The first-order valence-electron chi connectivity index (χ1n) is 6.95. The van der Waals surface area contributed by atoms with Crippen LogP contribution in [-0.4, -0.2) is 79.0 Å². The maximum atomic E-state index is 12.4. The lowest BCUT2D eigenvalue weighted by Gasteiger charge is -2.35. The third-order valence-corrected chi connectivity index (χ3v) is 4.25. The Bertz CT molecular complexity index is 502. The normalized spacial score (nSPS) is 16.5. The van der Waals surface area contributed by atoms with Crippen LogP contribution in [0.15, 0.2) is 12.3 Å². The first-order valence-corrected chi connectivity index (χ1v) is 7.70. The summed E-state index contributed by atoms with van der Waals surface area (Å²) in [5, 5.41) is 0.536. The highest BCUT2D eigenvalue weighted by atomic mass is 35.5. The van der Waals surface area contributed by atoms with Gasteiger partial charge in [0.25, 0.3) is 5.91 Å². The quantitative estimate of drug-likeness (QED) is 0.788. The van der Waals surface area contributed by atoms with Crippen molar-refractivity contribution in [1.29, 1.82) is 0 Å². The number of amides is 1. The van der Waals surface area contributed by atoms with E-state index in [1.165, 1.54) is 6.20 Å². The molecule has 1 aromatic heterocycles. The van der Waals surface area contributed by atoms with Gasteiger partial charge in [-0.3, -0.25) is 9.69 Å². The fraction of sp³-hybridized carbons (Fsp3) is 0.571. The Hall–Kier alpha value is -0.880. The van der Waals surface area contributed by atoms with Gasteiger partial charge in [-0.1, -0.05) is 23.2 Å². The molecular weight excluding hydrogens is 311 g/mol. The van der Waals surface area contributed by atoms with Crippen molar-refractivity contribution in [2.75, 3.05) is 53.4 Å². The van der Waals surface area contributed by atoms with E-state index in [4.69, 9.17) is 23.2 Å². The molecule has 7 heteroatoms. The molecule has 2 heterocycles. The van der Waals surface area contributed by atoms with Gasteiger partial charge in [0.2, 0.25) is 0 Å². The molecule has 0 aliphatic carbocycles. The first kappa shape index (κ1) is 16.5. The Morgan fingerprint density at radius 2 is 1.95 bits per heavy atom. The molecule has 1 aromatic rings.